The van der Waals surface area contributed by atoms with Crippen molar-refractivity contribution in [2.45, 2.75) is 0 Å². The second-order valence-corrected chi connectivity index (χ2v) is 6.21. The summed E-state index contributed by atoms with van der Waals surface area (Å²) in [5.41, 5.74) is 1.59. The van der Waals surface area contributed by atoms with E-state index < -0.39 is 0 Å². The van der Waals surface area contributed by atoms with Gasteiger partial charge in [-0.2, -0.15) is 0 Å². The van der Waals surface area contributed by atoms with E-state index in [9.17, 15) is 4.79 Å². The smallest absolute Gasteiger partial charge is 0.291 e. The van der Waals surface area contributed by atoms with Crippen LogP contribution >= 0.6 is 34.2 Å². The molecule has 0 radical (unpaired) electrons. The molecule has 0 bridgehead atoms. The predicted molar refractivity (Wildman–Crippen MR) is 96.3 cm³/mol. The van der Waals surface area contributed by atoms with Crippen molar-refractivity contribution in [2.75, 3.05) is 5.32 Å². The highest BCUT2D eigenvalue weighted by molar-refractivity contribution is 14.1. The molecule has 3 aromatic rings. The Labute approximate surface area is 146 Å². The molecule has 0 atom stereocenters. The van der Waals surface area contributed by atoms with E-state index >= 15 is 0 Å². The number of furan rings is 1. The summed E-state index contributed by atoms with van der Waals surface area (Å²) in [5.74, 6) is 0.586. The third kappa shape index (κ3) is 3.34. The Morgan fingerprint density at radius 1 is 1.05 bits per heavy atom. The molecule has 5 heteroatoms. The topological polar surface area (TPSA) is 42.2 Å². The zero-order chi connectivity index (χ0) is 15.5. The van der Waals surface area contributed by atoms with E-state index in [0.29, 0.717) is 10.8 Å². The Kier molecular flexibility index (Phi) is 4.49. The molecule has 1 N–H and O–H groups in total. The first-order valence-corrected chi connectivity index (χ1v) is 8.01. The fraction of sp³-hybridized carbons (Fsp3) is 0. The average Bonchev–Trinajstić information content (AvgIpc) is 2.99. The summed E-state index contributed by atoms with van der Waals surface area (Å²) in [7, 11) is 0. The van der Waals surface area contributed by atoms with Crippen molar-refractivity contribution in [3.63, 3.8) is 0 Å². The third-order valence-corrected chi connectivity index (χ3v) is 4.24. The summed E-state index contributed by atoms with van der Waals surface area (Å²) in [6, 6.07) is 18.3. The molecular weight excluding hydrogens is 413 g/mol. The van der Waals surface area contributed by atoms with Crippen LogP contribution in [0, 0.1) is 3.57 Å². The molecule has 0 aliphatic carbocycles. The van der Waals surface area contributed by atoms with Crippen LogP contribution < -0.4 is 5.32 Å². The van der Waals surface area contributed by atoms with Gasteiger partial charge in [-0.1, -0.05) is 35.9 Å². The Bertz CT molecular complexity index is 829. The molecule has 0 saturated carbocycles. The highest BCUT2D eigenvalue weighted by Crippen LogP contribution is 2.25. The van der Waals surface area contributed by atoms with Crippen LogP contribution in [-0.4, -0.2) is 5.91 Å². The summed E-state index contributed by atoms with van der Waals surface area (Å²) in [6.45, 7) is 0. The van der Waals surface area contributed by atoms with Gasteiger partial charge in [-0.05, 0) is 59.0 Å². The lowest BCUT2D eigenvalue weighted by molar-refractivity contribution is 0.0997. The number of amides is 1. The first-order chi connectivity index (χ1) is 10.6. The van der Waals surface area contributed by atoms with E-state index in [2.05, 4.69) is 27.9 Å². The monoisotopic (exact) mass is 423 g/mol. The summed E-state index contributed by atoms with van der Waals surface area (Å²) >= 11 is 8.14. The van der Waals surface area contributed by atoms with Crippen molar-refractivity contribution in [3.05, 3.63) is 75.0 Å². The molecule has 3 nitrogen and oxygen atoms in total. The standard InChI is InChI=1S/C17H11ClINO2/c18-12-5-3-4-11(10-12)15-8-9-16(22-15)17(21)20-14-7-2-1-6-13(14)19/h1-10H,(H,20,21). The van der Waals surface area contributed by atoms with Gasteiger partial charge < -0.3 is 9.73 Å². The summed E-state index contributed by atoms with van der Waals surface area (Å²) in [6.07, 6.45) is 0. The van der Waals surface area contributed by atoms with Crippen LogP contribution in [0.2, 0.25) is 5.02 Å². The predicted octanol–water partition coefficient (Wildman–Crippen LogP) is 5.46. The lowest BCUT2D eigenvalue weighted by Gasteiger charge is -2.05. The van der Waals surface area contributed by atoms with Crippen LogP contribution in [0.4, 0.5) is 5.69 Å². The number of rotatable bonds is 3. The van der Waals surface area contributed by atoms with Crippen LogP contribution in [0.25, 0.3) is 11.3 Å². The van der Waals surface area contributed by atoms with Gasteiger partial charge in [0.05, 0.1) is 5.69 Å². The van der Waals surface area contributed by atoms with Gasteiger partial charge in [0.15, 0.2) is 5.76 Å². The minimum Gasteiger partial charge on any atom is -0.451 e. The molecule has 1 amide bonds. The molecule has 0 fully saturated rings. The number of hydrogen-bond acceptors (Lipinski definition) is 2. The van der Waals surface area contributed by atoms with Gasteiger partial charge in [0.25, 0.3) is 5.91 Å². The molecule has 0 unspecified atom stereocenters. The molecule has 2 aromatic carbocycles. The summed E-state index contributed by atoms with van der Waals surface area (Å²) in [5, 5.41) is 3.46. The molecule has 0 aliphatic rings. The van der Waals surface area contributed by atoms with Gasteiger partial charge in [0.1, 0.15) is 5.76 Å². The molecule has 0 saturated heterocycles. The van der Waals surface area contributed by atoms with E-state index in [1.165, 1.54) is 0 Å². The largest absolute Gasteiger partial charge is 0.451 e. The number of anilines is 1. The number of carbonyl (C=O) groups is 1. The van der Waals surface area contributed by atoms with Crippen molar-refractivity contribution in [2.24, 2.45) is 0 Å². The second kappa shape index (κ2) is 6.54. The zero-order valence-electron chi connectivity index (χ0n) is 11.3. The Hall–Kier alpha value is -1.79. The quantitative estimate of drug-likeness (QED) is 0.569. The normalized spacial score (nSPS) is 10.5. The zero-order valence-corrected chi connectivity index (χ0v) is 14.3. The van der Waals surface area contributed by atoms with E-state index in [0.717, 1.165) is 14.8 Å². The Morgan fingerprint density at radius 2 is 1.86 bits per heavy atom. The molecule has 1 aromatic heterocycles. The van der Waals surface area contributed by atoms with Crippen molar-refractivity contribution >= 4 is 45.8 Å². The molecule has 3 rings (SSSR count). The third-order valence-electron chi connectivity index (χ3n) is 3.06. The van der Waals surface area contributed by atoms with Gasteiger partial charge in [0.2, 0.25) is 0 Å². The van der Waals surface area contributed by atoms with E-state index in [1.54, 1.807) is 24.3 Å². The van der Waals surface area contributed by atoms with Crippen molar-refractivity contribution in [1.82, 2.24) is 0 Å². The number of benzene rings is 2. The minimum absolute atomic E-state index is 0.259. The van der Waals surface area contributed by atoms with Gasteiger partial charge in [-0.3, -0.25) is 4.79 Å². The molecular formula is C17H11ClINO2. The first-order valence-electron chi connectivity index (χ1n) is 6.55. The fourth-order valence-corrected chi connectivity index (χ4v) is 2.72. The van der Waals surface area contributed by atoms with Gasteiger partial charge in [-0.25, -0.2) is 0 Å². The SMILES string of the molecule is O=C(Nc1ccccc1I)c1ccc(-c2cccc(Cl)c2)o1. The summed E-state index contributed by atoms with van der Waals surface area (Å²) in [4.78, 5) is 12.2. The van der Waals surface area contributed by atoms with Gasteiger partial charge >= 0.3 is 0 Å². The van der Waals surface area contributed by atoms with Crippen molar-refractivity contribution in [1.29, 1.82) is 0 Å². The maximum Gasteiger partial charge on any atom is 0.291 e. The second-order valence-electron chi connectivity index (χ2n) is 4.61. The maximum absolute atomic E-state index is 12.2. The molecule has 1 heterocycles. The number of carbonyl (C=O) groups excluding carboxylic acids is 1. The van der Waals surface area contributed by atoms with Crippen LogP contribution in [0.5, 0.6) is 0 Å². The molecule has 110 valence electrons. The average molecular weight is 424 g/mol. The van der Waals surface area contributed by atoms with Crippen LogP contribution in [0.1, 0.15) is 10.6 Å². The lowest BCUT2D eigenvalue weighted by Crippen LogP contribution is -2.11. The number of hydrogen-bond donors (Lipinski definition) is 1. The number of nitrogens with one attached hydrogen (secondary N) is 1. The Balaban J connectivity index is 1.82. The molecule has 0 aliphatic heterocycles. The fourth-order valence-electron chi connectivity index (χ4n) is 2.00. The van der Waals surface area contributed by atoms with Crippen LogP contribution in [0.3, 0.4) is 0 Å². The number of para-hydroxylation sites is 1. The van der Waals surface area contributed by atoms with Crippen LogP contribution in [-0.2, 0) is 0 Å². The highest BCUT2D eigenvalue weighted by atomic mass is 127. The van der Waals surface area contributed by atoms with Crippen LogP contribution in [0.15, 0.2) is 65.1 Å². The Morgan fingerprint density at radius 3 is 2.64 bits per heavy atom. The maximum atomic E-state index is 12.2. The van der Waals surface area contributed by atoms with Gasteiger partial charge in [0, 0.05) is 14.2 Å². The van der Waals surface area contributed by atoms with Gasteiger partial charge in [-0.15, -0.1) is 0 Å². The highest BCUT2D eigenvalue weighted by Gasteiger charge is 2.13. The molecule has 22 heavy (non-hydrogen) atoms. The summed E-state index contributed by atoms with van der Waals surface area (Å²) < 4.78 is 6.59. The first kappa shape index (κ1) is 15.1. The van der Waals surface area contributed by atoms with E-state index in [1.807, 2.05) is 36.4 Å². The van der Waals surface area contributed by atoms with Crippen molar-refractivity contribution in [3.8, 4) is 11.3 Å². The minimum atomic E-state index is -0.280. The van der Waals surface area contributed by atoms with E-state index in [-0.39, 0.29) is 11.7 Å². The number of halogens is 2. The van der Waals surface area contributed by atoms with E-state index in [4.69, 9.17) is 16.0 Å². The van der Waals surface area contributed by atoms with Crippen molar-refractivity contribution < 1.29 is 9.21 Å². The molecule has 0 spiro atoms. The lowest BCUT2D eigenvalue weighted by atomic mass is 10.2.